The maximum absolute atomic E-state index is 12.3. The first-order chi connectivity index (χ1) is 12.4. The molecule has 0 aliphatic carbocycles. The Balaban J connectivity index is 1.97. The van der Waals surface area contributed by atoms with Crippen LogP contribution >= 0.6 is 0 Å². The Morgan fingerprint density at radius 2 is 1.62 bits per heavy atom. The number of hydrogen-bond donors (Lipinski definition) is 2. The lowest BCUT2D eigenvalue weighted by Gasteiger charge is -2.15. The van der Waals surface area contributed by atoms with Gasteiger partial charge in [-0.15, -0.1) is 0 Å². The lowest BCUT2D eigenvalue weighted by molar-refractivity contribution is -0.153. The maximum Gasteiger partial charge on any atom is 0.422 e. The minimum Gasteiger partial charge on any atom is -0.490 e. The van der Waals surface area contributed by atoms with E-state index in [0.717, 1.165) is 16.7 Å². The van der Waals surface area contributed by atoms with Crippen LogP contribution in [0.1, 0.15) is 23.6 Å². The molecule has 2 rings (SSSR count). The molecule has 0 saturated carbocycles. The summed E-state index contributed by atoms with van der Waals surface area (Å²) in [7, 11) is 0. The Morgan fingerprint density at radius 3 is 2.27 bits per heavy atom. The van der Waals surface area contributed by atoms with Gasteiger partial charge < -0.3 is 19.9 Å². The van der Waals surface area contributed by atoms with Gasteiger partial charge in [0.25, 0.3) is 0 Å². The number of nitrogens with one attached hydrogen (secondary N) is 1. The summed E-state index contributed by atoms with van der Waals surface area (Å²) in [5.41, 5.74) is 2.74. The fourth-order valence-electron chi connectivity index (χ4n) is 2.40. The van der Waals surface area contributed by atoms with Crippen LogP contribution in [0.5, 0.6) is 11.5 Å². The molecule has 0 aliphatic heterocycles. The number of ether oxygens (including phenoxy) is 2. The SMILES string of the molecule is CCOc1cc(CNCc2cccc(CO)c2)ccc1OCC(F)(F)F. The first kappa shape index (κ1) is 20.1. The van der Waals surface area contributed by atoms with E-state index in [1.807, 2.05) is 24.3 Å². The van der Waals surface area contributed by atoms with Crippen molar-refractivity contribution in [3.05, 3.63) is 59.2 Å². The molecule has 0 heterocycles. The number of alkyl halides is 3. The van der Waals surface area contributed by atoms with Gasteiger partial charge in [-0.1, -0.05) is 30.3 Å². The Bertz CT molecular complexity index is 705. The summed E-state index contributed by atoms with van der Waals surface area (Å²) in [5.74, 6) is 0.363. The molecule has 0 saturated heterocycles. The fraction of sp³-hybridized carbons (Fsp3) is 0.368. The number of aliphatic hydroxyl groups excluding tert-OH is 1. The minimum absolute atomic E-state index is 0.00898. The second-order valence-electron chi connectivity index (χ2n) is 5.70. The van der Waals surface area contributed by atoms with Crippen molar-refractivity contribution >= 4 is 0 Å². The summed E-state index contributed by atoms with van der Waals surface area (Å²) in [6, 6.07) is 12.4. The summed E-state index contributed by atoms with van der Waals surface area (Å²) in [5, 5.41) is 12.4. The molecule has 0 radical (unpaired) electrons. The second-order valence-corrected chi connectivity index (χ2v) is 5.70. The molecule has 0 unspecified atom stereocenters. The highest BCUT2D eigenvalue weighted by atomic mass is 19.4. The molecule has 142 valence electrons. The molecule has 2 aromatic rings. The van der Waals surface area contributed by atoms with E-state index < -0.39 is 12.8 Å². The van der Waals surface area contributed by atoms with Gasteiger partial charge in [0.2, 0.25) is 0 Å². The summed E-state index contributed by atoms with van der Waals surface area (Å²) in [6.07, 6.45) is -4.40. The van der Waals surface area contributed by atoms with Gasteiger partial charge in [0.15, 0.2) is 18.1 Å². The number of hydrogen-bond acceptors (Lipinski definition) is 4. The zero-order valence-corrected chi connectivity index (χ0v) is 14.5. The Kier molecular flexibility index (Phi) is 7.29. The lowest BCUT2D eigenvalue weighted by atomic mass is 10.1. The van der Waals surface area contributed by atoms with Crippen LogP contribution in [-0.4, -0.2) is 24.5 Å². The first-order valence-electron chi connectivity index (χ1n) is 8.26. The highest BCUT2D eigenvalue weighted by molar-refractivity contribution is 5.43. The van der Waals surface area contributed by atoms with E-state index in [0.29, 0.717) is 25.4 Å². The standard InChI is InChI=1S/C19H22F3NO3/c1-2-25-18-9-15(6-7-17(18)26-13-19(20,21)22)11-23-10-14-4-3-5-16(8-14)12-24/h3-9,23-24H,2,10-13H2,1H3. The largest absolute Gasteiger partial charge is 0.490 e. The van der Waals surface area contributed by atoms with Crippen LogP contribution in [0.15, 0.2) is 42.5 Å². The fourth-order valence-corrected chi connectivity index (χ4v) is 2.40. The van der Waals surface area contributed by atoms with E-state index in [1.165, 1.54) is 6.07 Å². The summed E-state index contributed by atoms with van der Waals surface area (Å²) in [6.45, 7) is 1.84. The molecule has 26 heavy (non-hydrogen) atoms. The molecule has 0 amide bonds. The second kappa shape index (κ2) is 9.45. The van der Waals surface area contributed by atoms with Gasteiger partial charge in [-0.2, -0.15) is 13.2 Å². The normalized spacial score (nSPS) is 11.4. The van der Waals surface area contributed by atoms with Crippen LogP contribution in [0.25, 0.3) is 0 Å². The van der Waals surface area contributed by atoms with E-state index in [-0.39, 0.29) is 12.4 Å². The maximum atomic E-state index is 12.3. The third-order valence-electron chi connectivity index (χ3n) is 3.53. The van der Waals surface area contributed by atoms with Crippen molar-refractivity contribution in [2.75, 3.05) is 13.2 Å². The van der Waals surface area contributed by atoms with Crippen LogP contribution in [-0.2, 0) is 19.7 Å². The highest BCUT2D eigenvalue weighted by Gasteiger charge is 2.29. The molecule has 7 heteroatoms. The predicted octanol–water partition coefficient (Wildman–Crippen LogP) is 3.81. The Morgan fingerprint density at radius 1 is 0.923 bits per heavy atom. The molecule has 4 nitrogen and oxygen atoms in total. The predicted molar refractivity (Wildman–Crippen MR) is 92.1 cm³/mol. The van der Waals surface area contributed by atoms with Crippen LogP contribution in [0.2, 0.25) is 0 Å². The minimum atomic E-state index is -4.40. The van der Waals surface area contributed by atoms with E-state index in [9.17, 15) is 13.2 Å². The van der Waals surface area contributed by atoms with Gasteiger partial charge in [-0.25, -0.2) is 0 Å². The van der Waals surface area contributed by atoms with Gasteiger partial charge in [0.1, 0.15) is 0 Å². The van der Waals surface area contributed by atoms with Gasteiger partial charge in [-0.05, 0) is 35.7 Å². The zero-order chi connectivity index (χ0) is 19.0. The van der Waals surface area contributed by atoms with E-state index >= 15 is 0 Å². The third kappa shape index (κ3) is 6.57. The average molecular weight is 369 g/mol. The number of halogens is 3. The van der Waals surface area contributed by atoms with Gasteiger partial charge in [-0.3, -0.25) is 0 Å². The van der Waals surface area contributed by atoms with Gasteiger partial charge >= 0.3 is 6.18 Å². The van der Waals surface area contributed by atoms with Crippen molar-refractivity contribution in [3.63, 3.8) is 0 Å². The molecular weight excluding hydrogens is 347 g/mol. The molecular formula is C19H22F3NO3. The van der Waals surface area contributed by atoms with Crippen molar-refractivity contribution in [3.8, 4) is 11.5 Å². The third-order valence-corrected chi connectivity index (χ3v) is 3.53. The number of benzene rings is 2. The van der Waals surface area contributed by atoms with E-state index in [1.54, 1.807) is 19.1 Å². The quantitative estimate of drug-likeness (QED) is 0.706. The van der Waals surface area contributed by atoms with Crippen molar-refractivity contribution in [2.24, 2.45) is 0 Å². The van der Waals surface area contributed by atoms with E-state index in [4.69, 9.17) is 14.6 Å². The number of aliphatic hydroxyl groups is 1. The summed E-state index contributed by atoms with van der Waals surface area (Å²) >= 11 is 0. The molecule has 0 aromatic heterocycles. The van der Waals surface area contributed by atoms with E-state index in [2.05, 4.69) is 5.32 Å². The molecule has 0 aliphatic rings. The summed E-state index contributed by atoms with van der Waals surface area (Å²) < 4.78 is 47.2. The van der Waals surface area contributed by atoms with Crippen LogP contribution < -0.4 is 14.8 Å². The monoisotopic (exact) mass is 369 g/mol. The average Bonchev–Trinajstić information content (AvgIpc) is 2.61. The van der Waals surface area contributed by atoms with Crippen molar-refractivity contribution in [2.45, 2.75) is 32.8 Å². The van der Waals surface area contributed by atoms with Crippen LogP contribution in [0.3, 0.4) is 0 Å². The van der Waals surface area contributed by atoms with Crippen molar-refractivity contribution in [1.29, 1.82) is 0 Å². The zero-order valence-electron chi connectivity index (χ0n) is 14.5. The lowest BCUT2D eigenvalue weighted by Crippen LogP contribution is -2.19. The molecule has 0 spiro atoms. The van der Waals surface area contributed by atoms with Gasteiger partial charge in [0.05, 0.1) is 13.2 Å². The highest BCUT2D eigenvalue weighted by Crippen LogP contribution is 2.30. The first-order valence-corrected chi connectivity index (χ1v) is 8.26. The Labute approximate surface area is 150 Å². The van der Waals surface area contributed by atoms with Crippen LogP contribution in [0.4, 0.5) is 13.2 Å². The van der Waals surface area contributed by atoms with Crippen molar-refractivity contribution < 1.29 is 27.8 Å². The summed E-state index contributed by atoms with van der Waals surface area (Å²) in [4.78, 5) is 0. The van der Waals surface area contributed by atoms with Gasteiger partial charge in [0, 0.05) is 13.1 Å². The molecule has 0 bridgehead atoms. The molecule has 2 aromatic carbocycles. The van der Waals surface area contributed by atoms with Crippen LogP contribution in [0, 0.1) is 0 Å². The Hall–Kier alpha value is -2.25. The smallest absolute Gasteiger partial charge is 0.422 e. The molecule has 0 atom stereocenters. The number of rotatable bonds is 9. The topological polar surface area (TPSA) is 50.7 Å². The van der Waals surface area contributed by atoms with Crippen molar-refractivity contribution in [1.82, 2.24) is 5.32 Å². The molecule has 0 fully saturated rings. The molecule has 2 N–H and O–H groups in total.